The minimum Gasteiger partial charge on any atom is -0.462 e. The molecule has 0 saturated carbocycles. The maximum absolute atomic E-state index is 12.0. The van der Waals surface area contributed by atoms with Crippen molar-refractivity contribution in [2.75, 3.05) is 0 Å². The Morgan fingerprint density at radius 2 is 0.939 bits per heavy atom. The van der Waals surface area contributed by atoms with Gasteiger partial charge in [0.1, 0.15) is 6.10 Å². The summed E-state index contributed by atoms with van der Waals surface area (Å²) in [4.78, 5) is 12.0. The van der Waals surface area contributed by atoms with Gasteiger partial charge in [-0.1, -0.05) is 137 Å². The summed E-state index contributed by atoms with van der Waals surface area (Å²) in [7, 11) is 0. The maximum atomic E-state index is 12.0. The molecule has 0 fully saturated rings. The van der Waals surface area contributed by atoms with Crippen LogP contribution in [0.4, 0.5) is 0 Å². The van der Waals surface area contributed by atoms with Crippen LogP contribution in [0.1, 0.15) is 163 Å². The molecule has 0 heterocycles. The van der Waals surface area contributed by atoms with E-state index >= 15 is 0 Å². The van der Waals surface area contributed by atoms with Gasteiger partial charge in [-0.2, -0.15) is 0 Å². The minimum absolute atomic E-state index is 0.00399. The van der Waals surface area contributed by atoms with Gasteiger partial charge in [-0.25, -0.2) is 0 Å². The number of hydrogen-bond acceptors (Lipinski definition) is 2. The lowest BCUT2D eigenvalue weighted by Crippen LogP contribution is -2.28. The largest absolute Gasteiger partial charge is 0.462 e. The Bertz CT molecular complexity index is 430. The number of hydrogen-bond donors (Lipinski definition) is 0. The van der Waals surface area contributed by atoms with Crippen LogP contribution in [-0.4, -0.2) is 12.1 Å². The number of esters is 1. The Balaban J connectivity index is 3.31. The molecule has 0 atom stereocenters. The van der Waals surface area contributed by atoms with E-state index in [2.05, 4.69) is 46.8 Å². The zero-order valence-corrected chi connectivity index (χ0v) is 23.3. The van der Waals surface area contributed by atoms with E-state index in [1.807, 2.05) is 0 Å². The second-order valence-electron chi connectivity index (χ2n) is 10.9. The number of carbonyl (C=O) groups excluding carboxylic acids is 1. The highest BCUT2D eigenvalue weighted by Gasteiger charge is 2.21. The van der Waals surface area contributed by atoms with Gasteiger partial charge in [0.15, 0.2) is 0 Å². The second kappa shape index (κ2) is 24.3. The lowest BCUT2D eigenvalue weighted by molar-refractivity contribution is -0.154. The number of allylic oxidation sites excluding steroid dienone is 2. The molecule has 0 aromatic carbocycles. The molecular weight excluding hydrogens is 404 g/mol. The molecule has 0 amide bonds. The number of carbonyl (C=O) groups is 1. The molecule has 0 spiro atoms. The Labute approximate surface area is 208 Å². The van der Waals surface area contributed by atoms with E-state index in [-0.39, 0.29) is 12.1 Å². The second-order valence-corrected chi connectivity index (χ2v) is 10.9. The van der Waals surface area contributed by atoms with Crippen molar-refractivity contribution in [1.82, 2.24) is 0 Å². The predicted octanol–water partition coefficient (Wildman–Crippen LogP) is 10.6. The van der Waals surface area contributed by atoms with E-state index in [9.17, 15) is 4.79 Å². The Kier molecular flexibility index (Phi) is 23.8. The number of rotatable bonds is 24. The van der Waals surface area contributed by atoms with Crippen LogP contribution in [0.3, 0.4) is 0 Å². The molecule has 0 radical (unpaired) electrons. The Morgan fingerprint density at radius 1 is 0.576 bits per heavy atom. The average molecular weight is 465 g/mol. The summed E-state index contributed by atoms with van der Waals surface area (Å²) in [5.41, 5.74) is 0. The highest BCUT2D eigenvalue weighted by molar-refractivity contribution is 5.69. The van der Waals surface area contributed by atoms with Crippen LogP contribution in [0.25, 0.3) is 0 Å². The van der Waals surface area contributed by atoms with Crippen molar-refractivity contribution in [3.63, 3.8) is 0 Å². The molecule has 2 nitrogen and oxygen atoms in total. The topological polar surface area (TPSA) is 26.3 Å². The summed E-state index contributed by atoms with van der Waals surface area (Å²) in [6.07, 6.45) is 30.9. The average Bonchev–Trinajstić information content (AvgIpc) is 2.78. The first kappa shape index (κ1) is 32.2. The molecule has 2 heteroatoms. The van der Waals surface area contributed by atoms with E-state index in [4.69, 9.17) is 4.74 Å². The molecule has 0 unspecified atom stereocenters. The van der Waals surface area contributed by atoms with E-state index in [0.29, 0.717) is 18.3 Å². The molecule has 0 aliphatic rings. The molecule has 0 N–H and O–H groups in total. The third-order valence-electron chi connectivity index (χ3n) is 6.72. The van der Waals surface area contributed by atoms with Crippen molar-refractivity contribution in [1.29, 1.82) is 0 Å². The summed E-state index contributed by atoms with van der Waals surface area (Å²) in [6, 6.07) is 0. The lowest BCUT2D eigenvalue weighted by atomic mass is 9.96. The van der Waals surface area contributed by atoms with Crippen molar-refractivity contribution in [3.05, 3.63) is 12.2 Å². The lowest BCUT2D eigenvalue weighted by Gasteiger charge is -2.24. The van der Waals surface area contributed by atoms with Gasteiger partial charge < -0.3 is 4.74 Å². The number of ether oxygens (including phenoxy) is 1. The molecule has 0 aliphatic heterocycles. The van der Waals surface area contributed by atoms with Gasteiger partial charge in [-0.3, -0.25) is 4.79 Å². The monoisotopic (exact) mass is 464 g/mol. The third kappa shape index (κ3) is 22.8. The van der Waals surface area contributed by atoms with E-state index in [1.165, 1.54) is 109 Å². The van der Waals surface area contributed by atoms with Crippen molar-refractivity contribution < 1.29 is 9.53 Å². The molecule has 0 aromatic heterocycles. The molecule has 0 rings (SSSR count). The summed E-state index contributed by atoms with van der Waals surface area (Å²) < 4.78 is 5.67. The molecule has 0 aromatic rings. The van der Waals surface area contributed by atoms with Crippen LogP contribution in [0.15, 0.2) is 12.2 Å². The van der Waals surface area contributed by atoms with Crippen LogP contribution < -0.4 is 0 Å². The van der Waals surface area contributed by atoms with E-state index < -0.39 is 0 Å². The zero-order chi connectivity index (χ0) is 24.6. The normalized spacial score (nSPS) is 12.0. The molecule has 33 heavy (non-hydrogen) atoms. The van der Waals surface area contributed by atoms with Crippen LogP contribution in [0.2, 0.25) is 0 Å². The fourth-order valence-electron chi connectivity index (χ4n) is 4.65. The van der Waals surface area contributed by atoms with Crippen LogP contribution in [0.5, 0.6) is 0 Å². The van der Waals surface area contributed by atoms with E-state index in [1.54, 1.807) is 0 Å². The van der Waals surface area contributed by atoms with Gasteiger partial charge in [0.25, 0.3) is 0 Å². The number of unbranched alkanes of at least 4 members (excludes halogenated alkanes) is 17. The van der Waals surface area contributed by atoms with E-state index in [0.717, 1.165) is 12.8 Å². The first-order chi connectivity index (χ1) is 16.0. The van der Waals surface area contributed by atoms with Gasteiger partial charge in [0.05, 0.1) is 0 Å². The first-order valence-corrected chi connectivity index (χ1v) is 14.8. The fraction of sp³-hybridized carbons (Fsp3) is 0.903. The van der Waals surface area contributed by atoms with Crippen molar-refractivity contribution in [2.45, 2.75) is 169 Å². The van der Waals surface area contributed by atoms with Gasteiger partial charge in [0.2, 0.25) is 0 Å². The van der Waals surface area contributed by atoms with Crippen LogP contribution >= 0.6 is 0 Å². The standard InChI is InChI=1S/C31H60O2/c1-6-7-8-9-10-11-12-13-14-15-16-17-18-19-20-21-22-23-24-25-26-27-30(32)33-31(28(2)3)29(4)5/h13-14,28-29,31H,6-12,15-27H2,1-5H3/b14-13+. The summed E-state index contributed by atoms with van der Waals surface area (Å²) in [5, 5.41) is 0. The smallest absolute Gasteiger partial charge is 0.306 e. The maximum Gasteiger partial charge on any atom is 0.306 e. The molecule has 0 bridgehead atoms. The van der Waals surface area contributed by atoms with Gasteiger partial charge in [-0.15, -0.1) is 0 Å². The van der Waals surface area contributed by atoms with Gasteiger partial charge in [0, 0.05) is 6.42 Å². The van der Waals surface area contributed by atoms with Gasteiger partial charge >= 0.3 is 5.97 Å². The summed E-state index contributed by atoms with van der Waals surface area (Å²) >= 11 is 0. The highest BCUT2D eigenvalue weighted by atomic mass is 16.5. The Morgan fingerprint density at radius 3 is 1.33 bits per heavy atom. The first-order valence-electron chi connectivity index (χ1n) is 14.8. The van der Waals surface area contributed by atoms with Crippen LogP contribution in [0, 0.1) is 11.8 Å². The summed E-state index contributed by atoms with van der Waals surface area (Å²) in [6.45, 7) is 10.8. The fourth-order valence-corrected chi connectivity index (χ4v) is 4.65. The summed E-state index contributed by atoms with van der Waals surface area (Å²) in [5.74, 6) is 0.784. The Hall–Kier alpha value is -0.790. The third-order valence-corrected chi connectivity index (χ3v) is 6.72. The molecule has 196 valence electrons. The molecule has 0 aliphatic carbocycles. The highest BCUT2D eigenvalue weighted by Crippen LogP contribution is 2.18. The van der Waals surface area contributed by atoms with Crippen LogP contribution in [-0.2, 0) is 9.53 Å². The van der Waals surface area contributed by atoms with Crippen molar-refractivity contribution >= 4 is 5.97 Å². The predicted molar refractivity (Wildman–Crippen MR) is 147 cm³/mol. The van der Waals surface area contributed by atoms with Crippen molar-refractivity contribution in [2.24, 2.45) is 11.8 Å². The zero-order valence-electron chi connectivity index (χ0n) is 23.3. The minimum atomic E-state index is -0.00399. The van der Waals surface area contributed by atoms with Gasteiger partial charge in [-0.05, 0) is 43.9 Å². The molecular formula is C31H60O2. The SMILES string of the molecule is CCCCCCCC/C=C/CCCCCCCCCCCCCC(=O)OC(C(C)C)C(C)C. The molecule has 0 saturated heterocycles. The van der Waals surface area contributed by atoms with Crippen molar-refractivity contribution in [3.8, 4) is 0 Å². The quantitative estimate of drug-likeness (QED) is 0.0806.